The number of nitrogens with zero attached hydrogens (tertiary/aromatic N) is 1. The van der Waals surface area contributed by atoms with Crippen LogP contribution in [0.4, 0.5) is 0 Å². The third-order valence-electron chi connectivity index (χ3n) is 6.17. The Bertz CT molecular complexity index is 1410. The number of aromatic amines is 1. The van der Waals surface area contributed by atoms with Crippen molar-refractivity contribution in [1.29, 1.82) is 0 Å². The summed E-state index contributed by atoms with van der Waals surface area (Å²) in [5.74, 6) is -1.52. The Labute approximate surface area is 195 Å². The fourth-order valence-corrected chi connectivity index (χ4v) is 4.73. The molecule has 7 heteroatoms. The van der Waals surface area contributed by atoms with Crippen LogP contribution in [0.5, 0.6) is 0 Å². The number of aliphatic hydroxyl groups is 1. The normalized spacial score (nSPS) is 16.5. The van der Waals surface area contributed by atoms with E-state index in [4.69, 9.17) is 16.0 Å². The first-order chi connectivity index (χ1) is 16.0. The number of carbonyl (C=O) groups is 2. The first kappa shape index (κ1) is 21.3. The molecule has 0 bridgehead atoms. The summed E-state index contributed by atoms with van der Waals surface area (Å²) in [4.78, 5) is 31.6. The zero-order valence-electron chi connectivity index (χ0n) is 18.1. The molecule has 4 aromatic rings. The number of benzene rings is 2. The van der Waals surface area contributed by atoms with Crippen molar-refractivity contribution in [3.63, 3.8) is 0 Å². The molecule has 5 rings (SSSR count). The number of Topliss-reactive ketones (excluding diaryl/α,β-unsaturated/α-hetero) is 1. The largest absolute Gasteiger partial charge is 0.503 e. The maximum atomic E-state index is 13.6. The number of aromatic nitrogens is 1. The maximum Gasteiger partial charge on any atom is 0.290 e. The number of fused-ring (bicyclic) bond motifs is 2. The summed E-state index contributed by atoms with van der Waals surface area (Å²) < 4.78 is 5.78. The minimum atomic E-state index is -0.713. The highest BCUT2D eigenvalue weighted by Crippen LogP contribution is 2.42. The number of ketones is 1. The van der Waals surface area contributed by atoms with Gasteiger partial charge in [-0.2, -0.15) is 0 Å². The minimum Gasteiger partial charge on any atom is -0.503 e. The standard InChI is InChI=1S/C26H23ClN2O4/c1-2-3-6-11-29-23(18-14-28-19-8-5-4-7-17(18)19)22(25(31)26(29)32)24(30)21-13-15-12-16(27)9-10-20(15)33-21/h4-5,7-10,12-14,23,28,31H,2-3,6,11H2,1H3. The number of unbranched alkanes of at least 4 members (excludes halogenated alkanes) is 2. The lowest BCUT2D eigenvalue weighted by molar-refractivity contribution is -0.129. The molecule has 1 amide bonds. The summed E-state index contributed by atoms with van der Waals surface area (Å²) in [7, 11) is 0. The van der Waals surface area contributed by atoms with Gasteiger partial charge in [-0.3, -0.25) is 9.59 Å². The molecule has 2 aromatic heterocycles. The predicted molar refractivity (Wildman–Crippen MR) is 127 cm³/mol. The van der Waals surface area contributed by atoms with Crippen molar-refractivity contribution in [2.75, 3.05) is 6.54 Å². The number of nitrogens with one attached hydrogen (secondary N) is 1. The smallest absolute Gasteiger partial charge is 0.290 e. The second-order valence-electron chi connectivity index (χ2n) is 8.28. The number of carbonyl (C=O) groups excluding carboxylic acids is 2. The van der Waals surface area contributed by atoms with Gasteiger partial charge in [0.15, 0.2) is 11.5 Å². The van der Waals surface area contributed by atoms with Crippen molar-refractivity contribution in [3.05, 3.63) is 82.4 Å². The molecule has 1 aliphatic rings. The van der Waals surface area contributed by atoms with E-state index >= 15 is 0 Å². The van der Waals surface area contributed by atoms with E-state index in [0.29, 0.717) is 22.5 Å². The van der Waals surface area contributed by atoms with E-state index in [1.54, 1.807) is 35.4 Å². The van der Waals surface area contributed by atoms with Gasteiger partial charge in [0.1, 0.15) is 5.58 Å². The molecule has 2 aromatic carbocycles. The summed E-state index contributed by atoms with van der Waals surface area (Å²) in [5, 5.41) is 13.0. The van der Waals surface area contributed by atoms with Gasteiger partial charge in [0.05, 0.1) is 11.6 Å². The molecule has 33 heavy (non-hydrogen) atoms. The van der Waals surface area contributed by atoms with Crippen LogP contribution < -0.4 is 0 Å². The lowest BCUT2D eigenvalue weighted by Crippen LogP contribution is -2.32. The van der Waals surface area contributed by atoms with E-state index in [2.05, 4.69) is 11.9 Å². The SMILES string of the molecule is CCCCCN1C(=O)C(O)=C(C(=O)c2cc3cc(Cl)ccc3o2)C1c1c[nH]c2ccccc12. The summed E-state index contributed by atoms with van der Waals surface area (Å²) in [6.45, 7) is 2.52. The van der Waals surface area contributed by atoms with E-state index in [1.165, 1.54) is 0 Å². The number of para-hydroxylation sites is 1. The number of amides is 1. The molecule has 6 nitrogen and oxygen atoms in total. The molecule has 0 aliphatic carbocycles. The number of H-pyrrole nitrogens is 1. The number of hydrogen-bond acceptors (Lipinski definition) is 4. The van der Waals surface area contributed by atoms with Gasteiger partial charge < -0.3 is 19.4 Å². The van der Waals surface area contributed by atoms with Crippen LogP contribution in [-0.2, 0) is 4.79 Å². The van der Waals surface area contributed by atoms with Gasteiger partial charge in [-0.1, -0.05) is 49.6 Å². The molecule has 1 aliphatic heterocycles. The van der Waals surface area contributed by atoms with Crippen LogP contribution in [0.3, 0.4) is 0 Å². The van der Waals surface area contributed by atoms with Crippen LogP contribution >= 0.6 is 11.6 Å². The molecule has 0 radical (unpaired) electrons. The quantitative estimate of drug-likeness (QED) is 0.248. The summed E-state index contributed by atoms with van der Waals surface area (Å²) in [6.07, 6.45) is 4.52. The van der Waals surface area contributed by atoms with E-state index in [1.807, 2.05) is 24.3 Å². The Morgan fingerprint density at radius 3 is 2.82 bits per heavy atom. The lowest BCUT2D eigenvalue weighted by Gasteiger charge is -2.26. The molecule has 3 heterocycles. The van der Waals surface area contributed by atoms with Crippen LogP contribution in [-0.4, -0.2) is 33.2 Å². The van der Waals surface area contributed by atoms with Crippen molar-refractivity contribution in [2.45, 2.75) is 32.2 Å². The highest BCUT2D eigenvalue weighted by atomic mass is 35.5. The van der Waals surface area contributed by atoms with Gasteiger partial charge in [-0.05, 0) is 36.8 Å². The van der Waals surface area contributed by atoms with Gasteiger partial charge in [-0.25, -0.2) is 0 Å². The molecule has 0 fully saturated rings. The first-order valence-electron chi connectivity index (χ1n) is 11.0. The number of hydrogen-bond donors (Lipinski definition) is 2. The van der Waals surface area contributed by atoms with Gasteiger partial charge >= 0.3 is 0 Å². The topological polar surface area (TPSA) is 86.5 Å². The van der Waals surface area contributed by atoms with Gasteiger partial charge in [0.25, 0.3) is 5.91 Å². The van der Waals surface area contributed by atoms with Crippen LogP contribution in [0.1, 0.15) is 48.3 Å². The fourth-order valence-electron chi connectivity index (χ4n) is 4.55. The second-order valence-corrected chi connectivity index (χ2v) is 8.72. The predicted octanol–water partition coefficient (Wildman–Crippen LogP) is 6.34. The van der Waals surface area contributed by atoms with E-state index < -0.39 is 23.5 Å². The number of furan rings is 1. The van der Waals surface area contributed by atoms with Crippen molar-refractivity contribution < 1.29 is 19.1 Å². The molecule has 0 saturated carbocycles. The zero-order valence-corrected chi connectivity index (χ0v) is 18.9. The molecular weight excluding hydrogens is 440 g/mol. The first-order valence-corrected chi connectivity index (χ1v) is 11.4. The Morgan fingerprint density at radius 1 is 1.18 bits per heavy atom. The van der Waals surface area contributed by atoms with Crippen LogP contribution in [0, 0.1) is 0 Å². The Balaban J connectivity index is 1.62. The van der Waals surface area contributed by atoms with E-state index in [-0.39, 0.29) is 11.3 Å². The molecule has 0 saturated heterocycles. The van der Waals surface area contributed by atoms with E-state index in [0.717, 1.165) is 35.7 Å². The fraction of sp³-hybridized carbons (Fsp3) is 0.231. The average molecular weight is 463 g/mol. The van der Waals surface area contributed by atoms with Crippen LogP contribution in [0.15, 0.2) is 70.5 Å². The Morgan fingerprint density at radius 2 is 2.00 bits per heavy atom. The molecule has 2 N–H and O–H groups in total. The van der Waals surface area contributed by atoms with E-state index in [9.17, 15) is 14.7 Å². The monoisotopic (exact) mass is 462 g/mol. The molecule has 0 spiro atoms. The van der Waals surface area contributed by atoms with Crippen molar-refractivity contribution >= 4 is 45.2 Å². The second kappa shape index (κ2) is 8.45. The molecule has 1 unspecified atom stereocenters. The van der Waals surface area contributed by atoms with Crippen molar-refractivity contribution in [3.8, 4) is 0 Å². The summed E-state index contributed by atoms with van der Waals surface area (Å²) in [5.41, 5.74) is 2.20. The maximum absolute atomic E-state index is 13.6. The molecular formula is C26H23ClN2O4. The summed E-state index contributed by atoms with van der Waals surface area (Å²) >= 11 is 6.07. The van der Waals surface area contributed by atoms with Gasteiger partial charge in [-0.15, -0.1) is 0 Å². The highest BCUT2D eigenvalue weighted by molar-refractivity contribution is 6.31. The van der Waals surface area contributed by atoms with Gasteiger partial charge in [0.2, 0.25) is 5.78 Å². The number of rotatable bonds is 7. The van der Waals surface area contributed by atoms with Crippen molar-refractivity contribution in [2.24, 2.45) is 0 Å². The van der Waals surface area contributed by atoms with Crippen LogP contribution in [0.2, 0.25) is 5.02 Å². The van der Waals surface area contributed by atoms with Crippen molar-refractivity contribution in [1.82, 2.24) is 9.88 Å². The average Bonchev–Trinajstić information content (AvgIpc) is 3.49. The lowest BCUT2D eigenvalue weighted by atomic mass is 9.94. The minimum absolute atomic E-state index is 0.0337. The zero-order chi connectivity index (χ0) is 23.1. The van der Waals surface area contributed by atoms with Gasteiger partial charge in [0, 0.05) is 39.6 Å². The van der Waals surface area contributed by atoms with Crippen LogP contribution in [0.25, 0.3) is 21.9 Å². The third-order valence-corrected chi connectivity index (χ3v) is 6.40. The summed E-state index contributed by atoms with van der Waals surface area (Å²) in [6, 6.07) is 13.7. The Kier molecular flexibility index (Phi) is 5.46. The number of halogens is 1. The molecule has 1 atom stereocenters. The molecule has 168 valence electrons. The Hall–Kier alpha value is -3.51. The number of aliphatic hydroxyl groups excluding tert-OH is 1. The third kappa shape index (κ3) is 3.60. The highest BCUT2D eigenvalue weighted by Gasteiger charge is 2.45.